The molecule has 2 unspecified atom stereocenters. The van der Waals surface area contributed by atoms with E-state index in [4.69, 9.17) is 14.9 Å². The highest BCUT2D eigenvalue weighted by Gasteiger charge is 2.25. The number of benzene rings is 1. The van der Waals surface area contributed by atoms with Gasteiger partial charge in [0.2, 0.25) is 0 Å². The van der Waals surface area contributed by atoms with Crippen LogP contribution in [0.5, 0.6) is 0 Å². The summed E-state index contributed by atoms with van der Waals surface area (Å²) >= 11 is 0. The van der Waals surface area contributed by atoms with E-state index in [-0.39, 0.29) is 29.7 Å². The van der Waals surface area contributed by atoms with Gasteiger partial charge < -0.3 is 30.5 Å². The Kier molecular flexibility index (Phi) is 7.10. The van der Waals surface area contributed by atoms with Crippen LogP contribution >= 0.6 is 0 Å². The van der Waals surface area contributed by atoms with Crippen molar-refractivity contribution in [2.45, 2.75) is 45.0 Å². The Morgan fingerprint density at radius 3 is 2.23 bits per heavy atom. The van der Waals surface area contributed by atoms with E-state index in [9.17, 15) is 24.6 Å². The van der Waals surface area contributed by atoms with Crippen molar-refractivity contribution in [1.82, 2.24) is 5.32 Å². The Bertz CT molecular complexity index is 680. The molecule has 1 aromatic rings. The van der Waals surface area contributed by atoms with Crippen LogP contribution in [0.15, 0.2) is 18.2 Å². The number of ether oxygens (including phenoxy) is 1. The van der Waals surface area contributed by atoms with E-state index in [0.717, 1.165) is 18.2 Å². The van der Waals surface area contributed by atoms with Crippen LogP contribution in [0.1, 0.15) is 59.6 Å². The van der Waals surface area contributed by atoms with Crippen molar-refractivity contribution in [2.24, 2.45) is 0 Å². The first-order valence-corrected chi connectivity index (χ1v) is 7.86. The van der Waals surface area contributed by atoms with Crippen molar-refractivity contribution in [3.05, 3.63) is 34.9 Å². The minimum Gasteiger partial charge on any atom is -0.478 e. The molecule has 1 rings (SSSR count). The lowest BCUT2D eigenvalue weighted by Crippen LogP contribution is -2.34. The van der Waals surface area contributed by atoms with Crippen LogP contribution in [-0.4, -0.2) is 56.7 Å². The lowest BCUT2D eigenvalue weighted by molar-refractivity contribution is 0.0114. The Labute approximate surface area is 150 Å². The number of aliphatic hydroxyl groups excluding tert-OH is 2. The maximum absolute atomic E-state index is 11.5. The Morgan fingerprint density at radius 2 is 1.73 bits per heavy atom. The van der Waals surface area contributed by atoms with Gasteiger partial charge in [-0.25, -0.2) is 14.4 Å². The number of rotatable bonds is 7. The highest BCUT2D eigenvalue weighted by atomic mass is 16.6. The zero-order valence-electron chi connectivity index (χ0n) is 14.7. The van der Waals surface area contributed by atoms with Crippen LogP contribution < -0.4 is 5.32 Å². The third kappa shape index (κ3) is 6.34. The first-order chi connectivity index (χ1) is 11.9. The number of nitrogens with one attached hydrogen (secondary N) is 1. The zero-order valence-corrected chi connectivity index (χ0v) is 14.7. The van der Waals surface area contributed by atoms with E-state index >= 15 is 0 Å². The molecule has 0 aliphatic rings. The first kappa shape index (κ1) is 21.4. The lowest BCUT2D eigenvalue weighted by Gasteiger charge is -2.22. The molecule has 0 aliphatic carbocycles. The summed E-state index contributed by atoms with van der Waals surface area (Å²) in [7, 11) is 0. The number of amides is 1. The highest BCUT2D eigenvalue weighted by molar-refractivity contribution is 5.93. The fourth-order valence-electron chi connectivity index (χ4n) is 2.14. The van der Waals surface area contributed by atoms with Gasteiger partial charge in [0.05, 0.1) is 17.2 Å². The Morgan fingerprint density at radius 1 is 1.12 bits per heavy atom. The molecule has 0 saturated heterocycles. The summed E-state index contributed by atoms with van der Waals surface area (Å²) in [6.07, 6.45) is -3.86. The molecule has 0 saturated carbocycles. The summed E-state index contributed by atoms with van der Waals surface area (Å²) in [6, 6.07) is 3.15. The number of carbonyl (C=O) groups excluding carboxylic acids is 1. The summed E-state index contributed by atoms with van der Waals surface area (Å²) in [5.74, 6) is -2.66. The number of carbonyl (C=O) groups is 3. The molecule has 0 spiro atoms. The van der Waals surface area contributed by atoms with Gasteiger partial charge in [0.25, 0.3) is 0 Å². The van der Waals surface area contributed by atoms with Gasteiger partial charge in [-0.3, -0.25) is 0 Å². The van der Waals surface area contributed by atoms with Crippen LogP contribution in [-0.2, 0) is 4.74 Å². The zero-order chi connectivity index (χ0) is 20.1. The maximum Gasteiger partial charge on any atom is 0.407 e. The molecule has 0 aromatic heterocycles. The summed E-state index contributed by atoms with van der Waals surface area (Å²) in [5.41, 5.74) is -1.44. The lowest BCUT2D eigenvalue weighted by atomic mass is 9.95. The molecule has 0 aliphatic heterocycles. The number of alkyl carbamates (subject to hydrolysis) is 1. The second-order valence-corrected chi connectivity index (χ2v) is 6.64. The van der Waals surface area contributed by atoms with E-state index in [0.29, 0.717) is 0 Å². The van der Waals surface area contributed by atoms with Gasteiger partial charge in [0.1, 0.15) is 11.7 Å². The van der Waals surface area contributed by atoms with Crippen LogP contribution in [0.4, 0.5) is 4.79 Å². The normalized spacial score (nSPS) is 13.6. The number of aliphatic hydroxyl groups is 2. The molecule has 2 atom stereocenters. The average Bonchev–Trinajstić information content (AvgIpc) is 2.51. The van der Waals surface area contributed by atoms with Crippen molar-refractivity contribution in [3.8, 4) is 0 Å². The van der Waals surface area contributed by atoms with E-state index in [1.807, 2.05) is 0 Å². The third-order valence-corrected chi connectivity index (χ3v) is 3.32. The molecule has 9 heteroatoms. The summed E-state index contributed by atoms with van der Waals surface area (Å²) in [5, 5.41) is 40.9. The fraction of sp³-hybridized carbons (Fsp3) is 0.471. The predicted octanol–water partition coefficient (Wildman–Crippen LogP) is 1.39. The number of hydrogen-bond donors (Lipinski definition) is 5. The number of aromatic carboxylic acids is 2. The largest absolute Gasteiger partial charge is 0.478 e. The molecule has 0 bridgehead atoms. The first-order valence-electron chi connectivity index (χ1n) is 7.86. The van der Waals surface area contributed by atoms with Crippen molar-refractivity contribution in [1.29, 1.82) is 0 Å². The molecular formula is C17H23NO8. The van der Waals surface area contributed by atoms with Crippen molar-refractivity contribution in [3.63, 3.8) is 0 Å². The van der Waals surface area contributed by atoms with Gasteiger partial charge in [-0.2, -0.15) is 0 Å². The van der Waals surface area contributed by atoms with E-state index in [1.165, 1.54) is 0 Å². The van der Waals surface area contributed by atoms with Gasteiger partial charge in [-0.05, 0) is 51.0 Å². The molecule has 1 aromatic carbocycles. The smallest absolute Gasteiger partial charge is 0.407 e. The van der Waals surface area contributed by atoms with E-state index in [1.54, 1.807) is 20.8 Å². The second kappa shape index (κ2) is 8.63. The summed E-state index contributed by atoms with van der Waals surface area (Å²) in [6.45, 7) is 5.03. The van der Waals surface area contributed by atoms with Crippen molar-refractivity contribution >= 4 is 18.0 Å². The standard InChI is InChI=1S/C17H23NO8/c1-17(2,3)26-16(25)18-7-6-12(19)13(20)11-8-9(14(21)22)4-5-10(11)15(23)24/h4-5,8,12-13,19-20H,6-7H2,1-3H3,(H,18,25)(H,21,22)(H,23,24). The molecule has 26 heavy (non-hydrogen) atoms. The SMILES string of the molecule is CC(C)(C)OC(=O)NCCC(O)C(O)c1cc(C(=O)O)ccc1C(=O)O. The molecule has 9 nitrogen and oxygen atoms in total. The fourth-order valence-corrected chi connectivity index (χ4v) is 2.14. The van der Waals surface area contributed by atoms with Gasteiger partial charge >= 0.3 is 18.0 Å². The van der Waals surface area contributed by atoms with Crippen LogP contribution in [0.25, 0.3) is 0 Å². The Balaban J connectivity index is 2.80. The molecule has 0 fully saturated rings. The molecule has 0 heterocycles. The minimum atomic E-state index is -1.64. The number of carboxylic acid groups (broad SMARTS) is 2. The molecule has 5 N–H and O–H groups in total. The van der Waals surface area contributed by atoms with Crippen molar-refractivity contribution < 1.29 is 39.5 Å². The van der Waals surface area contributed by atoms with Gasteiger partial charge in [-0.15, -0.1) is 0 Å². The van der Waals surface area contributed by atoms with Gasteiger partial charge in [0.15, 0.2) is 0 Å². The second-order valence-electron chi connectivity index (χ2n) is 6.64. The number of carboxylic acids is 2. The quantitative estimate of drug-likeness (QED) is 0.483. The topological polar surface area (TPSA) is 153 Å². The van der Waals surface area contributed by atoms with E-state index in [2.05, 4.69) is 5.32 Å². The van der Waals surface area contributed by atoms with Gasteiger partial charge in [-0.1, -0.05) is 0 Å². The molecule has 1 amide bonds. The predicted molar refractivity (Wildman–Crippen MR) is 90.2 cm³/mol. The monoisotopic (exact) mass is 369 g/mol. The van der Waals surface area contributed by atoms with Crippen LogP contribution in [0.2, 0.25) is 0 Å². The van der Waals surface area contributed by atoms with Crippen molar-refractivity contribution in [2.75, 3.05) is 6.54 Å². The highest BCUT2D eigenvalue weighted by Crippen LogP contribution is 2.24. The van der Waals surface area contributed by atoms with Crippen LogP contribution in [0.3, 0.4) is 0 Å². The van der Waals surface area contributed by atoms with E-state index < -0.39 is 35.8 Å². The summed E-state index contributed by atoms with van der Waals surface area (Å²) in [4.78, 5) is 33.8. The number of hydrogen-bond acceptors (Lipinski definition) is 6. The maximum atomic E-state index is 11.5. The summed E-state index contributed by atoms with van der Waals surface area (Å²) < 4.78 is 5.02. The third-order valence-electron chi connectivity index (χ3n) is 3.32. The molecule has 144 valence electrons. The Hall–Kier alpha value is -2.65. The average molecular weight is 369 g/mol. The molecular weight excluding hydrogens is 346 g/mol. The van der Waals surface area contributed by atoms with Gasteiger partial charge in [0, 0.05) is 6.54 Å². The van der Waals surface area contributed by atoms with Crippen LogP contribution in [0, 0.1) is 0 Å². The molecule has 0 radical (unpaired) electrons. The minimum absolute atomic E-state index is 0.0336.